The van der Waals surface area contributed by atoms with Crippen LogP contribution in [0, 0.1) is 44.1 Å². The minimum atomic E-state index is -0.148. The maximum absolute atomic E-state index is 6.98. The van der Waals surface area contributed by atoms with E-state index in [2.05, 4.69) is 4.74 Å². The van der Waals surface area contributed by atoms with E-state index in [0.717, 1.165) is 0 Å². The Morgan fingerprint density at radius 2 is 2.11 bits per heavy atom. The van der Waals surface area contributed by atoms with Crippen molar-refractivity contribution in [1.82, 2.24) is 0 Å². The molecule has 0 amide bonds. The van der Waals surface area contributed by atoms with Crippen LogP contribution < -0.4 is 0 Å². The summed E-state index contributed by atoms with van der Waals surface area (Å²) in [6.07, 6.45) is 0. The minimum Gasteiger partial charge on any atom is -0.673 e. The Morgan fingerprint density at radius 3 is 2.44 bits per heavy atom. The molecule has 0 spiro atoms. The molecule has 0 rings (SSSR count). The van der Waals surface area contributed by atoms with E-state index in [1.165, 1.54) is 0 Å². The maximum atomic E-state index is 6.98. The van der Waals surface area contributed by atoms with Crippen molar-refractivity contribution in [2.24, 2.45) is 0 Å². The zero-order chi connectivity index (χ0) is 6.41. The number of methoxy groups -OCH3 is 1. The van der Waals surface area contributed by atoms with Crippen LogP contribution in [0.25, 0.3) is 5.73 Å². The normalized spacial score (nSPS) is 12.3. The zero-order valence-electron chi connectivity index (χ0n) is 5.89. The first-order valence-electron chi connectivity index (χ1n) is 2.55. The van der Waals surface area contributed by atoms with Crippen molar-refractivity contribution < 1.29 is 53.5 Å². The van der Waals surface area contributed by atoms with Crippen molar-refractivity contribution in [3.63, 3.8) is 0 Å². The average Bonchev–Trinajstić information content (AvgIpc) is 1.66. The molecule has 0 aliphatic carbocycles. The molecule has 0 aromatic heterocycles. The van der Waals surface area contributed by atoms with E-state index in [9.17, 15) is 0 Å². The van der Waals surface area contributed by atoms with Crippen LogP contribution in [0.2, 0.25) is 0 Å². The van der Waals surface area contributed by atoms with Crippen LogP contribution in [-0.2, 0) is 9.47 Å². The van der Waals surface area contributed by atoms with Gasteiger partial charge in [0.2, 0.25) is 0 Å². The van der Waals surface area contributed by atoms with Gasteiger partial charge in [0.15, 0.2) is 0 Å². The van der Waals surface area contributed by atoms with Crippen LogP contribution in [0.15, 0.2) is 0 Å². The van der Waals surface area contributed by atoms with E-state index in [1.807, 2.05) is 0 Å². The van der Waals surface area contributed by atoms with Crippen molar-refractivity contribution in [3.05, 3.63) is 5.73 Å². The zero-order valence-corrected chi connectivity index (χ0v) is 10.6. The fourth-order valence-electron chi connectivity index (χ4n) is 0.308. The van der Waals surface area contributed by atoms with E-state index in [4.69, 9.17) is 10.5 Å². The molecular formula is C5H12AcNO2-. The Kier molecular flexibility index (Phi) is 13.4. The Balaban J connectivity index is 0. The van der Waals surface area contributed by atoms with Gasteiger partial charge in [0, 0.05) is 57.8 Å². The van der Waals surface area contributed by atoms with E-state index in [0.29, 0.717) is 13.4 Å². The number of ether oxygens (including phenoxy) is 2. The van der Waals surface area contributed by atoms with Crippen LogP contribution >= 0.6 is 0 Å². The molecule has 1 N–H and O–H groups in total. The molecule has 0 aromatic rings. The molecular weight excluding hydrogens is 333 g/mol. The fraction of sp³-hybridized carbons (Fsp3) is 1.00. The quantitative estimate of drug-likeness (QED) is 0.565. The predicted octanol–water partition coefficient (Wildman–Crippen LogP) is 1.05. The van der Waals surface area contributed by atoms with E-state index < -0.39 is 0 Å². The molecule has 0 aliphatic heterocycles. The first-order valence-corrected chi connectivity index (χ1v) is 2.55. The van der Waals surface area contributed by atoms with Crippen molar-refractivity contribution in [1.29, 1.82) is 0 Å². The molecule has 0 saturated heterocycles. The molecule has 0 aromatic carbocycles. The topological polar surface area (TPSA) is 42.3 Å². The second-order valence-electron chi connectivity index (χ2n) is 1.68. The van der Waals surface area contributed by atoms with Gasteiger partial charge in [-0.05, 0) is 0 Å². The molecule has 9 heavy (non-hydrogen) atoms. The molecule has 1 atom stereocenters. The molecule has 3 nitrogen and oxygen atoms in total. The summed E-state index contributed by atoms with van der Waals surface area (Å²) in [4.78, 5) is 0. The van der Waals surface area contributed by atoms with Gasteiger partial charge in [-0.3, -0.25) is 0 Å². The average molecular weight is 345 g/mol. The Labute approximate surface area is 91.8 Å². The molecule has 0 heterocycles. The third-order valence-electron chi connectivity index (χ3n) is 0.569. The SMILES string of the molecule is COCOC[C@@H](C)[NH-].[Ac]. The van der Waals surface area contributed by atoms with Crippen LogP contribution in [0.4, 0.5) is 0 Å². The van der Waals surface area contributed by atoms with Gasteiger partial charge >= 0.3 is 0 Å². The van der Waals surface area contributed by atoms with Gasteiger partial charge in [-0.15, -0.1) is 6.04 Å². The smallest absolute Gasteiger partial charge is 0.146 e. The summed E-state index contributed by atoms with van der Waals surface area (Å²) < 4.78 is 9.42. The number of hydrogen-bond acceptors (Lipinski definition) is 2. The summed E-state index contributed by atoms with van der Waals surface area (Å²) in [5.41, 5.74) is 6.98. The second kappa shape index (κ2) is 9.32. The van der Waals surface area contributed by atoms with Crippen molar-refractivity contribution in [3.8, 4) is 0 Å². The Bertz CT molecular complexity index is 52.2. The molecule has 0 fully saturated rings. The molecule has 1 radical (unpaired) electrons. The van der Waals surface area contributed by atoms with Crippen LogP contribution in [0.3, 0.4) is 0 Å². The van der Waals surface area contributed by atoms with Crippen LogP contribution in [0.1, 0.15) is 6.92 Å². The largest absolute Gasteiger partial charge is 0.673 e. The molecule has 0 saturated carbocycles. The third kappa shape index (κ3) is 12.5. The third-order valence-corrected chi connectivity index (χ3v) is 0.569. The van der Waals surface area contributed by atoms with Gasteiger partial charge in [-0.1, -0.05) is 6.92 Å². The molecule has 0 aliphatic rings. The van der Waals surface area contributed by atoms with E-state index in [-0.39, 0.29) is 50.1 Å². The summed E-state index contributed by atoms with van der Waals surface area (Å²) in [6.45, 7) is 2.52. The van der Waals surface area contributed by atoms with E-state index >= 15 is 0 Å². The molecule has 0 bridgehead atoms. The summed E-state index contributed by atoms with van der Waals surface area (Å²) in [5, 5.41) is 0. The van der Waals surface area contributed by atoms with Crippen molar-refractivity contribution in [2.75, 3.05) is 20.5 Å². The summed E-state index contributed by atoms with van der Waals surface area (Å²) in [6, 6.07) is -0.148. The maximum Gasteiger partial charge on any atom is 0.146 e. The Morgan fingerprint density at radius 1 is 1.56 bits per heavy atom. The van der Waals surface area contributed by atoms with Gasteiger partial charge in [0.25, 0.3) is 0 Å². The Hall–Kier alpha value is 1.32. The molecule has 4 heteroatoms. The van der Waals surface area contributed by atoms with Gasteiger partial charge in [-0.25, -0.2) is 0 Å². The van der Waals surface area contributed by atoms with Gasteiger partial charge in [0.05, 0.1) is 0 Å². The summed E-state index contributed by atoms with van der Waals surface area (Å²) in [5.74, 6) is 0. The van der Waals surface area contributed by atoms with Gasteiger partial charge in [-0.2, -0.15) is 0 Å². The fourth-order valence-corrected chi connectivity index (χ4v) is 0.308. The summed E-state index contributed by atoms with van der Waals surface area (Å²) >= 11 is 0. The van der Waals surface area contributed by atoms with E-state index in [1.54, 1.807) is 14.0 Å². The second-order valence-corrected chi connectivity index (χ2v) is 1.68. The number of nitrogens with one attached hydrogen (secondary N) is 1. The van der Waals surface area contributed by atoms with Gasteiger partial charge in [0.1, 0.15) is 6.79 Å². The van der Waals surface area contributed by atoms with Gasteiger partial charge < -0.3 is 15.2 Å². The van der Waals surface area contributed by atoms with Crippen molar-refractivity contribution in [2.45, 2.75) is 13.0 Å². The number of hydrogen-bond donors (Lipinski definition) is 0. The molecule has 53 valence electrons. The number of rotatable bonds is 4. The standard InChI is InChI=1S/C5H12NO2.Ac/c1-5(6)3-8-4-7-2;/h5-6H,3-4H2,1-2H3;/q-1;/t5-;/m1./s1. The minimum absolute atomic E-state index is 0. The van der Waals surface area contributed by atoms with Crippen molar-refractivity contribution >= 4 is 0 Å². The van der Waals surface area contributed by atoms with Crippen LogP contribution in [0.5, 0.6) is 0 Å². The summed E-state index contributed by atoms with van der Waals surface area (Å²) in [7, 11) is 1.56. The first-order chi connectivity index (χ1) is 3.77. The van der Waals surface area contributed by atoms with Crippen LogP contribution in [-0.4, -0.2) is 26.6 Å². The predicted molar refractivity (Wildman–Crippen MR) is 31.6 cm³/mol. The molecule has 0 unspecified atom stereocenters. The monoisotopic (exact) mass is 345 g/mol. The first kappa shape index (κ1) is 13.0.